The molecule has 0 fully saturated rings. The fourth-order valence-electron chi connectivity index (χ4n) is 2.89. The summed E-state index contributed by atoms with van der Waals surface area (Å²) < 4.78 is 32.1. The van der Waals surface area contributed by atoms with Gasteiger partial charge in [0.05, 0.1) is 12.1 Å². The topological polar surface area (TPSA) is 87.7 Å². The Labute approximate surface area is 164 Å². The van der Waals surface area contributed by atoms with E-state index in [-0.39, 0.29) is 37.3 Å². The van der Waals surface area contributed by atoms with Crippen molar-refractivity contribution in [2.75, 3.05) is 13.2 Å². The first-order valence-electron chi connectivity index (χ1n) is 9.52. The maximum atomic E-state index is 13.4. The lowest BCUT2D eigenvalue weighted by atomic mass is 9.95. The molecule has 1 aromatic rings. The molecule has 0 saturated carbocycles. The van der Waals surface area contributed by atoms with Crippen LogP contribution < -0.4 is 10.6 Å². The van der Waals surface area contributed by atoms with Gasteiger partial charge in [0.15, 0.2) is 0 Å². The van der Waals surface area contributed by atoms with Crippen LogP contribution in [0.4, 0.5) is 8.78 Å². The third-order valence-electron chi connectivity index (χ3n) is 4.20. The molecule has 6 nitrogen and oxygen atoms in total. The van der Waals surface area contributed by atoms with E-state index in [2.05, 4.69) is 10.6 Å². The van der Waals surface area contributed by atoms with Crippen molar-refractivity contribution in [2.24, 2.45) is 0 Å². The maximum Gasteiger partial charge on any atom is 0.246 e. The molecule has 28 heavy (non-hydrogen) atoms. The fraction of sp³-hybridized carbons (Fsp3) is 0.600. The first-order valence-corrected chi connectivity index (χ1v) is 9.52. The average Bonchev–Trinajstić information content (AvgIpc) is 2.59. The summed E-state index contributed by atoms with van der Waals surface area (Å²) in [5.74, 6) is -2.10. The lowest BCUT2D eigenvalue weighted by molar-refractivity contribution is -0.127. The largest absolute Gasteiger partial charge is 0.391 e. The predicted molar refractivity (Wildman–Crippen MR) is 102 cm³/mol. The second-order valence-electron chi connectivity index (χ2n) is 6.82. The van der Waals surface area contributed by atoms with Gasteiger partial charge in [-0.2, -0.15) is 0 Å². The van der Waals surface area contributed by atoms with Crippen LogP contribution in [0.5, 0.6) is 0 Å². The second-order valence-corrected chi connectivity index (χ2v) is 6.82. The number of aliphatic hydroxyl groups is 1. The van der Waals surface area contributed by atoms with E-state index in [1.54, 1.807) is 0 Å². The standard InChI is InChI=1S/C20H30F2N2O4/c1-4-6-28-12-20(27)24-17(5-2)11-19(26)18(23-13(3)25)9-14-7-15(21)10-16(22)8-14/h7-8,10,17-19,26H,4-6,9,11-12H2,1-3H3,(H,23,25)(H,24,27). The Morgan fingerprint density at radius 1 is 1.14 bits per heavy atom. The van der Waals surface area contributed by atoms with E-state index in [1.165, 1.54) is 6.92 Å². The first kappa shape index (κ1) is 24.0. The molecule has 2 amide bonds. The van der Waals surface area contributed by atoms with Crippen molar-refractivity contribution < 1.29 is 28.2 Å². The minimum Gasteiger partial charge on any atom is -0.391 e. The Hall–Kier alpha value is -2.06. The van der Waals surface area contributed by atoms with Gasteiger partial charge in [-0.3, -0.25) is 9.59 Å². The zero-order valence-corrected chi connectivity index (χ0v) is 16.6. The van der Waals surface area contributed by atoms with E-state index in [4.69, 9.17) is 4.74 Å². The molecule has 8 heteroatoms. The van der Waals surface area contributed by atoms with Gasteiger partial charge in [0, 0.05) is 25.6 Å². The summed E-state index contributed by atoms with van der Waals surface area (Å²) in [6, 6.07) is 2.01. The summed E-state index contributed by atoms with van der Waals surface area (Å²) in [6.07, 6.45) is 0.593. The average molecular weight is 400 g/mol. The molecule has 0 bridgehead atoms. The van der Waals surface area contributed by atoms with Crippen LogP contribution in [0.1, 0.15) is 45.6 Å². The van der Waals surface area contributed by atoms with E-state index >= 15 is 0 Å². The highest BCUT2D eigenvalue weighted by molar-refractivity contribution is 5.77. The fourth-order valence-corrected chi connectivity index (χ4v) is 2.89. The van der Waals surface area contributed by atoms with Crippen LogP contribution in [0.25, 0.3) is 0 Å². The lowest BCUT2D eigenvalue weighted by Gasteiger charge is -2.27. The third-order valence-corrected chi connectivity index (χ3v) is 4.20. The van der Waals surface area contributed by atoms with Crippen molar-refractivity contribution in [1.82, 2.24) is 10.6 Å². The summed E-state index contributed by atoms with van der Waals surface area (Å²) >= 11 is 0. The Kier molecular flexibility index (Phi) is 10.6. The van der Waals surface area contributed by atoms with Crippen LogP contribution in [-0.2, 0) is 20.7 Å². The Morgan fingerprint density at radius 3 is 2.32 bits per heavy atom. The van der Waals surface area contributed by atoms with E-state index in [0.717, 1.165) is 24.6 Å². The molecule has 0 aliphatic carbocycles. The van der Waals surface area contributed by atoms with Gasteiger partial charge in [-0.1, -0.05) is 13.8 Å². The summed E-state index contributed by atoms with van der Waals surface area (Å²) in [6.45, 7) is 5.53. The highest BCUT2D eigenvalue weighted by atomic mass is 19.1. The third kappa shape index (κ3) is 9.23. The predicted octanol–water partition coefficient (Wildman–Crippen LogP) is 2.08. The molecule has 0 radical (unpaired) electrons. The minimum absolute atomic E-state index is 0.0550. The number of benzene rings is 1. The van der Waals surface area contributed by atoms with Gasteiger partial charge >= 0.3 is 0 Å². The number of hydrogen-bond acceptors (Lipinski definition) is 4. The molecule has 0 aromatic heterocycles. The summed E-state index contributed by atoms with van der Waals surface area (Å²) in [5.41, 5.74) is 0.320. The van der Waals surface area contributed by atoms with Gasteiger partial charge in [0.2, 0.25) is 11.8 Å². The highest BCUT2D eigenvalue weighted by Crippen LogP contribution is 2.15. The normalized spacial score (nSPS) is 14.2. The van der Waals surface area contributed by atoms with Gasteiger partial charge < -0.3 is 20.5 Å². The molecule has 158 valence electrons. The molecule has 0 aliphatic rings. The molecule has 3 N–H and O–H groups in total. The van der Waals surface area contributed by atoms with Crippen LogP contribution in [0.2, 0.25) is 0 Å². The molecule has 3 atom stereocenters. The van der Waals surface area contributed by atoms with Crippen molar-refractivity contribution in [3.63, 3.8) is 0 Å². The molecular weight excluding hydrogens is 370 g/mol. The van der Waals surface area contributed by atoms with Gasteiger partial charge in [-0.25, -0.2) is 8.78 Å². The zero-order chi connectivity index (χ0) is 21.1. The second kappa shape index (κ2) is 12.4. The number of aliphatic hydroxyl groups excluding tert-OH is 1. The molecule has 1 aromatic carbocycles. The molecule has 0 spiro atoms. The van der Waals surface area contributed by atoms with E-state index in [9.17, 15) is 23.5 Å². The molecule has 0 aliphatic heterocycles. The van der Waals surface area contributed by atoms with Crippen molar-refractivity contribution in [1.29, 1.82) is 0 Å². The SMILES string of the molecule is CCCOCC(=O)NC(CC)CC(O)C(Cc1cc(F)cc(F)c1)NC(C)=O. The molecule has 3 unspecified atom stereocenters. The molecular formula is C20H30F2N2O4. The first-order chi connectivity index (χ1) is 13.2. The zero-order valence-electron chi connectivity index (χ0n) is 16.6. The number of amides is 2. The van der Waals surface area contributed by atoms with Gasteiger partial charge in [0.25, 0.3) is 0 Å². The van der Waals surface area contributed by atoms with Crippen molar-refractivity contribution in [2.45, 2.75) is 64.6 Å². The van der Waals surface area contributed by atoms with Crippen LogP contribution >= 0.6 is 0 Å². The van der Waals surface area contributed by atoms with E-state index in [1.807, 2.05) is 13.8 Å². The van der Waals surface area contributed by atoms with Gasteiger partial charge in [-0.15, -0.1) is 0 Å². The number of nitrogens with one attached hydrogen (secondary N) is 2. The number of carbonyl (C=O) groups is 2. The smallest absolute Gasteiger partial charge is 0.246 e. The molecule has 0 saturated heterocycles. The summed E-state index contributed by atoms with van der Waals surface area (Å²) in [4.78, 5) is 23.4. The Balaban J connectivity index is 2.74. The summed E-state index contributed by atoms with van der Waals surface area (Å²) in [7, 11) is 0. The number of carbonyl (C=O) groups excluding carboxylic acids is 2. The molecule has 1 rings (SSSR count). The number of ether oxygens (including phenoxy) is 1. The van der Waals surface area contributed by atoms with Crippen molar-refractivity contribution in [3.05, 3.63) is 35.4 Å². The number of rotatable bonds is 12. The monoisotopic (exact) mass is 400 g/mol. The minimum atomic E-state index is -1.02. The number of hydrogen-bond donors (Lipinski definition) is 3. The van der Waals surface area contributed by atoms with Crippen molar-refractivity contribution in [3.8, 4) is 0 Å². The van der Waals surface area contributed by atoms with Crippen LogP contribution in [0.3, 0.4) is 0 Å². The molecule has 0 heterocycles. The van der Waals surface area contributed by atoms with Crippen molar-refractivity contribution >= 4 is 11.8 Å². The van der Waals surface area contributed by atoms with Gasteiger partial charge in [-0.05, 0) is 43.4 Å². The highest BCUT2D eigenvalue weighted by Gasteiger charge is 2.25. The lowest BCUT2D eigenvalue weighted by Crippen LogP contribution is -2.48. The number of halogens is 2. The van der Waals surface area contributed by atoms with Gasteiger partial charge in [0.1, 0.15) is 18.2 Å². The van der Waals surface area contributed by atoms with E-state index < -0.39 is 23.8 Å². The Morgan fingerprint density at radius 2 is 1.79 bits per heavy atom. The quantitative estimate of drug-likeness (QED) is 0.469. The van der Waals surface area contributed by atoms with E-state index in [0.29, 0.717) is 18.6 Å². The van der Waals surface area contributed by atoms with Crippen LogP contribution in [-0.4, -0.2) is 48.3 Å². The van der Waals surface area contributed by atoms with Crippen LogP contribution in [0.15, 0.2) is 18.2 Å². The summed E-state index contributed by atoms with van der Waals surface area (Å²) in [5, 5.41) is 16.0. The van der Waals surface area contributed by atoms with Crippen LogP contribution in [0, 0.1) is 11.6 Å². The maximum absolute atomic E-state index is 13.4. The Bertz CT molecular complexity index is 622.